The molecule has 128 valence electrons. The molecule has 0 radical (unpaired) electrons. The van der Waals surface area contributed by atoms with Crippen molar-refractivity contribution in [2.45, 2.75) is 13.0 Å². The van der Waals surface area contributed by atoms with E-state index in [0.717, 1.165) is 16.9 Å². The number of nitrogens with one attached hydrogen (secondary N) is 1. The first-order valence-electron chi connectivity index (χ1n) is 7.85. The number of H-pyrrole nitrogens is 1. The molecule has 3 rings (SSSR count). The van der Waals surface area contributed by atoms with Crippen LogP contribution in [-0.2, 0) is 0 Å². The Kier molecular flexibility index (Phi) is 4.74. The molecule has 1 unspecified atom stereocenters. The summed E-state index contributed by atoms with van der Waals surface area (Å²) >= 11 is 0. The number of amides is 1. The van der Waals surface area contributed by atoms with Crippen LogP contribution in [0.3, 0.4) is 0 Å². The van der Waals surface area contributed by atoms with Gasteiger partial charge in [-0.25, -0.2) is 0 Å². The van der Waals surface area contributed by atoms with E-state index in [2.05, 4.69) is 20.6 Å². The predicted molar refractivity (Wildman–Crippen MR) is 93.1 cm³/mol. The van der Waals surface area contributed by atoms with Crippen LogP contribution < -0.4 is 4.74 Å². The van der Waals surface area contributed by atoms with Gasteiger partial charge in [-0.2, -0.15) is 5.21 Å². The summed E-state index contributed by atoms with van der Waals surface area (Å²) in [5, 5.41) is 13.8. The SMILES string of the molecule is COc1ccccc1C(C)N(C)C(=O)c1ccc(-c2nn[nH]n2)cc1. The van der Waals surface area contributed by atoms with Crippen molar-refractivity contribution < 1.29 is 9.53 Å². The number of rotatable bonds is 5. The van der Waals surface area contributed by atoms with Crippen LogP contribution in [0.4, 0.5) is 0 Å². The van der Waals surface area contributed by atoms with E-state index in [9.17, 15) is 4.79 Å². The molecule has 0 saturated carbocycles. The fourth-order valence-electron chi connectivity index (χ4n) is 2.65. The second-order valence-electron chi connectivity index (χ2n) is 5.65. The molecular weight excluding hydrogens is 318 g/mol. The number of nitrogens with zero attached hydrogens (tertiary/aromatic N) is 4. The van der Waals surface area contributed by atoms with Crippen molar-refractivity contribution in [2.75, 3.05) is 14.2 Å². The van der Waals surface area contributed by atoms with Gasteiger partial charge in [-0.3, -0.25) is 4.79 Å². The first kappa shape index (κ1) is 16.6. The van der Waals surface area contributed by atoms with Gasteiger partial charge in [0.25, 0.3) is 5.91 Å². The van der Waals surface area contributed by atoms with Crippen molar-refractivity contribution in [3.8, 4) is 17.1 Å². The van der Waals surface area contributed by atoms with Crippen LogP contribution in [0.25, 0.3) is 11.4 Å². The van der Waals surface area contributed by atoms with Gasteiger partial charge in [-0.15, -0.1) is 10.2 Å². The van der Waals surface area contributed by atoms with Crippen LogP contribution in [0.2, 0.25) is 0 Å². The maximum Gasteiger partial charge on any atom is 0.254 e. The number of methoxy groups -OCH3 is 1. The largest absolute Gasteiger partial charge is 0.496 e. The molecule has 0 aliphatic carbocycles. The highest BCUT2D eigenvalue weighted by molar-refractivity contribution is 5.94. The number of carbonyl (C=O) groups excluding carboxylic acids is 1. The number of para-hydroxylation sites is 1. The average molecular weight is 337 g/mol. The fraction of sp³-hybridized carbons (Fsp3) is 0.222. The number of benzene rings is 2. The van der Waals surface area contributed by atoms with Crippen LogP contribution in [-0.4, -0.2) is 45.6 Å². The molecule has 0 spiro atoms. The molecule has 7 nitrogen and oxygen atoms in total. The van der Waals surface area contributed by atoms with Crippen molar-refractivity contribution in [3.63, 3.8) is 0 Å². The minimum atomic E-state index is -0.125. The third-order valence-corrected chi connectivity index (χ3v) is 4.23. The second kappa shape index (κ2) is 7.12. The van der Waals surface area contributed by atoms with Crippen LogP contribution in [0.15, 0.2) is 48.5 Å². The lowest BCUT2D eigenvalue weighted by molar-refractivity contribution is 0.0741. The lowest BCUT2D eigenvalue weighted by Crippen LogP contribution is -2.29. The van der Waals surface area contributed by atoms with Crippen LogP contribution in [0.5, 0.6) is 5.75 Å². The quantitative estimate of drug-likeness (QED) is 0.774. The van der Waals surface area contributed by atoms with Crippen LogP contribution in [0, 0.1) is 0 Å². The molecule has 3 aromatic rings. The normalized spacial score (nSPS) is 11.8. The number of carbonyl (C=O) groups is 1. The molecule has 1 heterocycles. The van der Waals surface area contributed by atoms with Crippen molar-refractivity contribution in [3.05, 3.63) is 59.7 Å². The number of ether oxygens (including phenoxy) is 1. The third-order valence-electron chi connectivity index (χ3n) is 4.23. The summed E-state index contributed by atoms with van der Waals surface area (Å²) in [5.41, 5.74) is 2.35. The van der Waals surface area contributed by atoms with Gasteiger partial charge < -0.3 is 9.64 Å². The summed E-state index contributed by atoms with van der Waals surface area (Å²) in [6.45, 7) is 1.98. The topological polar surface area (TPSA) is 84.0 Å². The van der Waals surface area contributed by atoms with Gasteiger partial charge in [-0.1, -0.05) is 30.3 Å². The highest BCUT2D eigenvalue weighted by atomic mass is 16.5. The Bertz CT molecular complexity index is 846. The predicted octanol–water partition coefficient (Wildman–Crippen LogP) is 2.71. The van der Waals surface area contributed by atoms with E-state index in [-0.39, 0.29) is 11.9 Å². The Morgan fingerprint density at radius 3 is 2.52 bits per heavy atom. The number of hydrogen-bond donors (Lipinski definition) is 1. The number of tetrazole rings is 1. The zero-order valence-corrected chi connectivity index (χ0v) is 14.3. The molecule has 0 fully saturated rings. The Morgan fingerprint density at radius 2 is 1.88 bits per heavy atom. The van der Waals surface area contributed by atoms with Gasteiger partial charge in [0.05, 0.1) is 13.2 Å². The summed E-state index contributed by atoms with van der Waals surface area (Å²) in [6.07, 6.45) is 0. The zero-order valence-electron chi connectivity index (χ0n) is 14.3. The standard InChI is InChI=1S/C18H19N5O2/c1-12(15-6-4-5-7-16(15)25-3)23(2)18(24)14-10-8-13(9-11-14)17-19-21-22-20-17/h4-12H,1-3H3,(H,19,20,21,22). The minimum Gasteiger partial charge on any atom is -0.496 e. The summed E-state index contributed by atoms with van der Waals surface area (Å²) in [4.78, 5) is 14.5. The van der Waals surface area contributed by atoms with Gasteiger partial charge in [-0.05, 0) is 30.3 Å². The van der Waals surface area contributed by atoms with Gasteiger partial charge in [0.15, 0.2) is 0 Å². The van der Waals surface area contributed by atoms with Gasteiger partial charge in [0, 0.05) is 23.7 Å². The number of aromatic amines is 1. The van der Waals surface area contributed by atoms with Crippen LogP contribution >= 0.6 is 0 Å². The van der Waals surface area contributed by atoms with E-state index in [1.165, 1.54) is 0 Å². The Morgan fingerprint density at radius 1 is 1.16 bits per heavy atom. The third kappa shape index (κ3) is 3.35. The number of aromatic nitrogens is 4. The molecule has 1 aromatic heterocycles. The smallest absolute Gasteiger partial charge is 0.254 e. The van der Waals surface area contributed by atoms with Crippen molar-refractivity contribution in [1.29, 1.82) is 0 Å². The van der Waals surface area contributed by atoms with Gasteiger partial charge in [0.2, 0.25) is 5.82 Å². The molecule has 0 saturated heterocycles. The van der Waals surface area contributed by atoms with E-state index >= 15 is 0 Å². The van der Waals surface area contributed by atoms with Crippen molar-refractivity contribution >= 4 is 5.91 Å². The van der Waals surface area contributed by atoms with Crippen molar-refractivity contribution in [2.24, 2.45) is 0 Å². The molecule has 2 aromatic carbocycles. The van der Waals surface area contributed by atoms with E-state index in [0.29, 0.717) is 11.4 Å². The lowest BCUT2D eigenvalue weighted by atomic mass is 10.0. The molecule has 7 heteroatoms. The van der Waals surface area contributed by atoms with E-state index in [1.54, 1.807) is 43.3 Å². The molecule has 0 aliphatic heterocycles. The van der Waals surface area contributed by atoms with Gasteiger partial charge >= 0.3 is 0 Å². The van der Waals surface area contributed by atoms with E-state index in [1.807, 2.05) is 31.2 Å². The lowest BCUT2D eigenvalue weighted by Gasteiger charge is -2.26. The summed E-state index contributed by atoms with van der Waals surface area (Å²) < 4.78 is 5.40. The number of hydrogen-bond acceptors (Lipinski definition) is 5. The average Bonchev–Trinajstić information content (AvgIpc) is 3.21. The van der Waals surface area contributed by atoms with E-state index < -0.39 is 0 Å². The fourth-order valence-corrected chi connectivity index (χ4v) is 2.65. The summed E-state index contributed by atoms with van der Waals surface area (Å²) in [5.74, 6) is 1.19. The summed E-state index contributed by atoms with van der Waals surface area (Å²) in [6, 6.07) is 14.7. The zero-order chi connectivity index (χ0) is 17.8. The molecule has 25 heavy (non-hydrogen) atoms. The molecule has 0 aliphatic rings. The Balaban J connectivity index is 1.80. The highest BCUT2D eigenvalue weighted by Gasteiger charge is 2.21. The Labute approximate surface area is 145 Å². The highest BCUT2D eigenvalue weighted by Crippen LogP contribution is 2.29. The monoisotopic (exact) mass is 337 g/mol. The molecule has 1 amide bonds. The van der Waals surface area contributed by atoms with Gasteiger partial charge in [0.1, 0.15) is 5.75 Å². The minimum absolute atomic E-state index is 0.0712. The molecule has 1 N–H and O–H groups in total. The maximum atomic E-state index is 12.8. The maximum absolute atomic E-state index is 12.8. The first-order chi connectivity index (χ1) is 12.1. The molecule has 1 atom stereocenters. The first-order valence-corrected chi connectivity index (χ1v) is 7.85. The van der Waals surface area contributed by atoms with E-state index in [4.69, 9.17) is 4.74 Å². The second-order valence-corrected chi connectivity index (χ2v) is 5.65. The molecular formula is C18H19N5O2. The molecule has 0 bridgehead atoms. The Hall–Kier alpha value is -3.22. The van der Waals surface area contributed by atoms with Crippen molar-refractivity contribution in [1.82, 2.24) is 25.5 Å². The van der Waals surface area contributed by atoms with Crippen LogP contribution in [0.1, 0.15) is 28.9 Å². The summed E-state index contributed by atoms with van der Waals surface area (Å²) in [7, 11) is 3.41.